The third kappa shape index (κ3) is 7.40. The molecule has 2 heterocycles. The molecule has 0 bridgehead atoms. The van der Waals surface area contributed by atoms with Crippen molar-refractivity contribution in [2.75, 3.05) is 13.2 Å². The highest BCUT2D eigenvalue weighted by Gasteiger charge is 2.50. The summed E-state index contributed by atoms with van der Waals surface area (Å²) in [4.78, 5) is 0. The molecule has 43 heavy (non-hydrogen) atoms. The van der Waals surface area contributed by atoms with Gasteiger partial charge in [-0.25, -0.2) is 0 Å². The highest BCUT2D eigenvalue weighted by molar-refractivity contribution is 6.74. The first kappa shape index (κ1) is 32.2. The van der Waals surface area contributed by atoms with E-state index in [1.54, 1.807) is 0 Å². The van der Waals surface area contributed by atoms with E-state index in [1.807, 2.05) is 25.1 Å². The van der Waals surface area contributed by atoms with E-state index < -0.39 is 8.32 Å². The fourth-order valence-corrected chi connectivity index (χ4v) is 7.97. The number of hydrogen-bond acceptors (Lipinski definition) is 4. The van der Waals surface area contributed by atoms with E-state index >= 15 is 0 Å². The summed E-state index contributed by atoms with van der Waals surface area (Å²) in [7, 11) is -2.05. The van der Waals surface area contributed by atoms with Crippen LogP contribution in [0.25, 0.3) is 0 Å². The van der Waals surface area contributed by atoms with Crippen molar-refractivity contribution in [3.05, 3.63) is 100 Å². The van der Waals surface area contributed by atoms with Crippen LogP contribution in [0, 0.1) is 11.8 Å². The fourth-order valence-electron chi connectivity index (χ4n) is 6.36. The summed E-state index contributed by atoms with van der Waals surface area (Å²) >= 11 is 6.77. The third-order valence-corrected chi connectivity index (χ3v) is 14.7. The van der Waals surface area contributed by atoms with Gasteiger partial charge in [-0.3, -0.25) is 0 Å². The van der Waals surface area contributed by atoms with Gasteiger partial charge in [0.1, 0.15) is 5.75 Å². The summed E-state index contributed by atoms with van der Waals surface area (Å²) in [6.07, 6.45) is 2.76. The number of halogens is 1. The summed E-state index contributed by atoms with van der Waals surface area (Å²) in [6.45, 7) is 17.3. The normalized spacial score (nSPS) is 26.4. The summed E-state index contributed by atoms with van der Waals surface area (Å²) in [5.41, 5.74) is 4.70. The number of benzene rings is 3. The molecule has 0 amide bonds. The predicted octanol–water partition coefficient (Wildman–Crippen LogP) is 9.96. The summed E-state index contributed by atoms with van der Waals surface area (Å²) in [5.74, 6) is 1.35. The number of fused-ring (bicyclic) bond motifs is 1. The molecule has 4 nitrogen and oxygen atoms in total. The van der Waals surface area contributed by atoms with Crippen LogP contribution in [0.3, 0.4) is 0 Å². The third-order valence-electron chi connectivity index (χ3n) is 9.88. The molecule has 6 heteroatoms. The lowest BCUT2D eigenvalue weighted by Crippen LogP contribution is -2.54. The molecule has 0 spiro atoms. The maximum atomic E-state index is 7.32. The van der Waals surface area contributed by atoms with Crippen LogP contribution < -0.4 is 4.74 Å². The second-order valence-corrected chi connectivity index (χ2v) is 19.0. The smallest absolute Gasteiger partial charge is 0.192 e. The quantitative estimate of drug-likeness (QED) is 0.235. The van der Waals surface area contributed by atoms with E-state index in [0.29, 0.717) is 13.2 Å². The van der Waals surface area contributed by atoms with Gasteiger partial charge in [-0.2, -0.15) is 0 Å². The van der Waals surface area contributed by atoms with E-state index in [1.165, 1.54) is 11.1 Å². The van der Waals surface area contributed by atoms with Crippen molar-refractivity contribution in [2.24, 2.45) is 11.8 Å². The number of rotatable bonds is 8. The highest BCUT2D eigenvalue weighted by Crippen LogP contribution is 2.48. The molecule has 6 unspecified atom stereocenters. The minimum absolute atomic E-state index is 0.0325. The average Bonchev–Trinajstić information content (AvgIpc) is 3.19. The monoisotopic (exact) mass is 620 g/mol. The first-order chi connectivity index (χ1) is 20.5. The van der Waals surface area contributed by atoms with Crippen molar-refractivity contribution in [1.29, 1.82) is 0 Å². The fraction of sp³-hybridized carbons (Fsp3) is 0.514. The van der Waals surface area contributed by atoms with E-state index in [-0.39, 0.29) is 41.3 Å². The van der Waals surface area contributed by atoms with Crippen LogP contribution in [0.15, 0.2) is 72.8 Å². The topological polar surface area (TPSA) is 36.9 Å². The van der Waals surface area contributed by atoms with E-state index in [0.717, 1.165) is 41.2 Å². The van der Waals surface area contributed by atoms with Gasteiger partial charge in [-0.1, -0.05) is 93.9 Å². The highest BCUT2D eigenvalue weighted by atomic mass is 35.5. The SMILES string of the molecule is CCOc1ccc(Cc2cc(C3OC4COC(c5ccccc5)CCC4C(O[Si](C)(C)C(C)(C)C)C3C)ccc2Cl)cc1. The molecule has 3 aromatic carbocycles. The van der Waals surface area contributed by atoms with Gasteiger partial charge in [-0.15, -0.1) is 0 Å². The molecule has 2 aliphatic heterocycles. The van der Waals surface area contributed by atoms with Gasteiger partial charge in [-0.05, 0) is 84.8 Å². The molecular formula is C37H49ClO4Si. The summed E-state index contributed by atoms with van der Waals surface area (Å²) in [6, 6.07) is 25.3. The van der Waals surface area contributed by atoms with Crippen molar-refractivity contribution >= 4 is 19.9 Å². The van der Waals surface area contributed by atoms with E-state index in [2.05, 4.69) is 95.4 Å². The van der Waals surface area contributed by atoms with Gasteiger partial charge in [0, 0.05) is 16.9 Å². The Labute approximate surface area is 265 Å². The molecule has 2 aliphatic rings. The van der Waals surface area contributed by atoms with Crippen LogP contribution in [0.4, 0.5) is 0 Å². The zero-order valence-electron chi connectivity index (χ0n) is 26.9. The Bertz CT molecular complexity index is 1340. The first-order valence-electron chi connectivity index (χ1n) is 16.0. The molecule has 3 aromatic rings. The van der Waals surface area contributed by atoms with Crippen molar-refractivity contribution in [3.8, 4) is 5.75 Å². The number of ether oxygens (including phenoxy) is 3. The Kier molecular flexibility index (Phi) is 10.1. The van der Waals surface area contributed by atoms with E-state index in [4.69, 9.17) is 30.2 Å². The van der Waals surface area contributed by atoms with E-state index in [9.17, 15) is 0 Å². The molecule has 2 fully saturated rings. The molecule has 232 valence electrons. The molecule has 0 N–H and O–H groups in total. The first-order valence-corrected chi connectivity index (χ1v) is 19.3. The lowest BCUT2D eigenvalue weighted by molar-refractivity contribution is -0.179. The van der Waals surface area contributed by atoms with Crippen molar-refractivity contribution in [3.63, 3.8) is 0 Å². The van der Waals surface area contributed by atoms with Crippen LogP contribution in [-0.4, -0.2) is 33.7 Å². The van der Waals surface area contributed by atoms with Crippen LogP contribution in [0.5, 0.6) is 5.75 Å². The largest absolute Gasteiger partial charge is 0.494 e. The molecule has 0 saturated carbocycles. The van der Waals surface area contributed by atoms with Gasteiger partial charge in [0.15, 0.2) is 8.32 Å². The Hall–Kier alpha value is -2.15. The Morgan fingerprint density at radius 2 is 1.65 bits per heavy atom. The summed E-state index contributed by atoms with van der Waals surface area (Å²) in [5, 5.41) is 0.895. The second-order valence-electron chi connectivity index (χ2n) is 13.9. The zero-order valence-corrected chi connectivity index (χ0v) is 28.7. The Morgan fingerprint density at radius 1 is 0.930 bits per heavy atom. The maximum Gasteiger partial charge on any atom is 0.192 e. The van der Waals surface area contributed by atoms with Crippen LogP contribution in [0.1, 0.15) is 81.9 Å². The molecular weight excluding hydrogens is 572 g/mol. The molecule has 0 aromatic heterocycles. The molecule has 0 aliphatic carbocycles. The van der Waals surface area contributed by atoms with Gasteiger partial charge in [0.05, 0.1) is 37.6 Å². The van der Waals surface area contributed by atoms with Gasteiger partial charge >= 0.3 is 0 Å². The lowest BCUT2D eigenvalue weighted by atomic mass is 9.77. The second kappa shape index (κ2) is 13.5. The maximum absolute atomic E-state index is 7.32. The zero-order chi connectivity index (χ0) is 30.8. The van der Waals surface area contributed by atoms with Crippen LogP contribution >= 0.6 is 11.6 Å². The lowest BCUT2D eigenvalue weighted by Gasteiger charge is -2.50. The number of hydrogen-bond donors (Lipinski definition) is 0. The van der Waals surface area contributed by atoms with Crippen LogP contribution in [0.2, 0.25) is 23.2 Å². The summed E-state index contributed by atoms with van der Waals surface area (Å²) < 4.78 is 26.5. The van der Waals surface area contributed by atoms with Crippen molar-refractivity contribution < 1.29 is 18.6 Å². The Balaban J connectivity index is 1.44. The standard InChI is InChI=1S/C37H49ClO4Si/c1-8-39-30-17-14-26(15-18-30)22-29-23-28(16-20-32(29)38)35-25(2)36(42-43(6,7)37(3,4)5)31-19-21-33(40-24-34(31)41-35)27-12-10-9-11-13-27/h9-18,20,23,25,31,33-36H,8,19,21-22,24H2,1-7H3. The van der Waals surface area contributed by atoms with Crippen molar-refractivity contribution in [2.45, 2.75) is 96.4 Å². The van der Waals surface area contributed by atoms with Crippen molar-refractivity contribution in [1.82, 2.24) is 0 Å². The minimum Gasteiger partial charge on any atom is -0.494 e. The van der Waals surface area contributed by atoms with Gasteiger partial charge < -0.3 is 18.6 Å². The average molecular weight is 621 g/mol. The van der Waals surface area contributed by atoms with Gasteiger partial charge in [0.2, 0.25) is 0 Å². The van der Waals surface area contributed by atoms with Crippen LogP contribution in [-0.2, 0) is 20.3 Å². The minimum atomic E-state index is -2.05. The molecule has 6 atom stereocenters. The predicted molar refractivity (Wildman–Crippen MR) is 179 cm³/mol. The Morgan fingerprint density at radius 3 is 2.33 bits per heavy atom. The molecule has 5 rings (SSSR count). The molecule has 2 saturated heterocycles. The molecule has 0 radical (unpaired) electrons. The van der Waals surface area contributed by atoms with Gasteiger partial charge in [0.25, 0.3) is 0 Å².